The zero-order valence-corrected chi connectivity index (χ0v) is 15.7. The number of carbonyl (C=O) groups is 2. The lowest BCUT2D eigenvalue weighted by molar-refractivity contribution is -0.114. The van der Waals surface area contributed by atoms with Gasteiger partial charge in [-0.25, -0.2) is 0 Å². The molecule has 0 aliphatic carbocycles. The van der Waals surface area contributed by atoms with Gasteiger partial charge in [0.25, 0.3) is 5.91 Å². The van der Waals surface area contributed by atoms with Crippen LogP contribution in [0.5, 0.6) is 0 Å². The Hall–Kier alpha value is -3.60. The molecule has 3 N–H and O–H groups in total. The van der Waals surface area contributed by atoms with Gasteiger partial charge < -0.3 is 16.0 Å². The van der Waals surface area contributed by atoms with Gasteiger partial charge in [-0.2, -0.15) is 0 Å². The second-order valence-electron chi connectivity index (χ2n) is 6.32. The second kappa shape index (κ2) is 9.37. The summed E-state index contributed by atoms with van der Waals surface area (Å²) < 4.78 is 0. The minimum absolute atomic E-state index is 0.0607. The highest BCUT2D eigenvalue weighted by Gasteiger charge is 2.12. The van der Waals surface area contributed by atoms with E-state index in [4.69, 9.17) is 0 Å². The monoisotopic (exact) mass is 373 g/mol. The Morgan fingerprint density at radius 2 is 1.39 bits per heavy atom. The standard InChI is InChI=1S/C23H23N3O2/c1-2-17-12-14-19(15-13-17)25-22(27)16-24-21-11-7-6-10-20(21)23(28)26-18-8-4-3-5-9-18/h3-15,24H,2,16H2,1H3,(H,25,27)(H,26,28). The van der Waals surface area contributed by atoms with E-state index in [1.54, 1.807) is 18.2 Å². The molecule has 0 saturated heterocycles. The van der Waals surface area contributed by atoms with E-state index < -0.39 is 0 Å². The smallest absolute Gasteiger partial charge is 0.257 e. The Morgan fingerprint density at radius 3 is 2.11 bits per heavy atom. The number of rotatable bonds is 7. The lowest BCUT2D eigenvalue weighted by Gasteiger charge is -2.12. The molecule has 0 atom stereocenters. The van der Waals surface area contributed by atoms with E-state index in [1.165, 1.54) is 5.56 Å². The number of benzene rings is 3. The molecule has 0 fully saturated rings. The first kappa shape index (κ1) is 19.2. The fraction of sp³-hybridized carbons (Fsp3) is 0.130. The predicted octanol–water partition coefficient (Wildman–Crippen LogP) is 4.55. The number of anilines is 3. The van der Waals surface area contributed by atoms with Crippen LogP contribution >= 0.6 is 0 Å². The van der Waals surface area contributed by atoms with E-state index >= 15 is 0 Å². The molecule has 0 unspecified atom stereocenters. The third kappa shape index (κ3) is 5.20. The Morgan fingerprint density at radius 1 is 0.750 bits per heavy atom. The first-order chi connectivity index (χ1) is 13.7. The first-order valence-electron chi connectivity index (χ1n) is 9.24. The fourth-order valence-electron chi connectivity index (χ4n) is 2.76. The normalized spacial score (nSPS) is 10.2. The summed E-state index contributed by atoms with van der Waals surface area (Å²) in [6.07, 6.45) is 0.956. The third-order valence-electron chi connectivity index (χ3n) is 4.29. The summed E-state index contributed by atoms with van der Waals surface area (Å²) in [5, 5.41) is 8.76. The van der Waals surface area contributed by atoms with Crippen molar-refractivity contribution in [1.82, 2.24) is 0 Å². The molecule has 0 aliphatic rings. The molecule has 0 saturated carbocycles. The van der Waals surface area contributed by atoms with E-state index in [2.05, 4.69) is 22.9 Å². The van der Waals surface area contributed by atoms with Crippen molar-refractivity contribution < 1.29 is 9.59 Å². The third-order valence-corrected chi connectivity index (χ3v) is 4.29. The summed E-state index contributed by atoms with van der Waals surface area (Å²) in [6, 6.07) is 24.1. The van der Waals surface area contributed by atoms with Gasteiger partial charge in [-0.15, -0.1) is 0 Å². The molecule has 0 radical (unpaired) electrons. The largest absolute Gasteiger partial charge is 0.376 e. The maximum absolute atomic E-state index is 12.6. The van der Waals surface area contributed by atoms with Crippen LogP contribution < -0.4 is 16.0 Å². The number of hydrogen-bond acceptors (Lipinski definition) is 3. The maximum Gasteiger partial charge on any atom is 0.257 e. The van der Waals surface area contributed by atoms with Gasteiger partial charge in [-0.1, -0.05) is 49.4 Å². The molecule has 28 heavy (non-hydrogen) atoms. The number of aryl methyl sites for hydroxylation is 1. The van der Waals surface area contributed by atoms with Crippen LogP contribution in [0.25, 0.3) is 0 Å². The molecule has 3 aromatic rings. The topological polar surface area (TPSA) is 70.2 Å². The van der Waals surface area contributed by atoms with Crippen molar-refractivity contribution >= 4 is 28.9 Å². The summed E-state index contributed by atoms with van der Waals surface area (Å²) in [7, 11) is 0. The fourth-order valence-corrected chi connectivity index (χ4v) is 2.76. The lowest BCUT2D eigenvalue weighted by atomic mass is 10.1. The van der Waals surface area contributed by atoms with E-state index in [0.29, 0.717) is 11.3 Å². The molecule has 3 rings (SSSR count). The zero-order chi connectivity index (χ0) is 19.8. The molecular formula is C23H23N3O2. The number of para-hydroxylation sites is 2. The van der Waals surface area contributed by atoms with Gasteiger partial charge in [0.15, 0.2) is 0 Å². The van der Waals surface area contributed by atoms with Crippen LogP contribution in [0.15, 0.2) is 78.9 Å². The van der Waals surface area contributed by atoms with Gasteiger partial charge in [-0.05, 0) is 48.4 Å². The highest BCUT2D eigenvalue weighted by molar-refractivity contribution is 6.08. The van der Waals surface area contributed by atoms with Gasteiger partial charge >= 0.3 is 0 Å². The van der Waals surface area contributed by atoms with Crippen LogP contribution in [0.2, 0.25) is 0 Å². The van der Waals surface area contributed by atoms with Crippen molar-refractivity contribution in [3.63, 3.8) is 0 Å². The Kier molecular flexibility index (Phi) is 6.41. The molecule has 0 aromatic heterocycles. The number of amides is 2. The SMILES string of the molecule is CCc1ccc(NC(=O)CNc2ccccc2C(=O)Nc2ccccc2)cc1. The van der Waals surface area contributed by atoms with Gasteiger partial charge in [0.2, 0.25) is 5.91 Å². The van der Waals surface area contributed by atoms with Crippen molar-refractivity contribution in [2.75, 3.05) is 22.5 Å². The molecule has 0 bridgehead atoms. The molecule has 5 nitrogen and oxygen atoms in total. The van der Waals surface area contributed by atoms with Crippen LogP contribution in [-0.4, -0.2) is 18.4 Å². The highest BCUT2D eigenvalue weighted by atomic mass is 16.2. The van der Waals surface area contributed by atoms with E-state index in [1.807, 2.05) is 60.7 Å². The average molecular weight is 373 g/mol. The Bertz CT molecular complexity index is 938. The van der Waals surface area contributed by atoms with Gasteiger partial charge in [0, 0.05) is 17.1 Å². The minimum atomic E-state index is -0.232. The summed E-state index contributed by atoms with van der Waals surface area (Å²) in [5.41, 5.74) is 3.77. The van der Waals surface area contributed by atoms with Crippen molar-refractivity contribution in [3.05, 3.63) is 90.0 Å². The number of nitrogens with one attached hydrogen (secondary N) is 3. The highest BCUT2D eigenvalue weighted by Crippen LogP contribution is 2.17. The molecule has 5 heteroatoms. The predicted molar refractivity (Wildman–Crippen MR) is 114 cm³/mol. The van der Waals surface area contributed by atoms with Gasteiger partial charge in [-0.3, -0.25) is 9.59 Å². The number of carbonyl (C=O) groups excluding carboxylic acids is 2. The molecular weight excluding hydrogens is 350 g/mol. The van der Waals surface area contributed by atoms with Crippen molar-refractivity contribution in [2.45, 2.75) is 13.3 Å². The zero-order valence-electron chi connectivity index (χ0n) is 15.7. The quantitative estimate of drug-likeness (QED) is 0.569. The van der Waals surface area contributed by atoms with Crippen molar-refractivity contribution in [2.24, 2.45) is 0 Å². The summed E-state index contributed by atoms with van der Waals surface area (Å²) in [5.74, 6) is -0.410. The van der Waals surface area contributed by atoms with Crippen molar-refractivity contribution in [1.29, 1.82) is 0 Å². The molecule has 142 valence electrons. The Labute approximate surface area is 164 Å². The molecule has 3 aromatic carbocycles. The Balaban J connectivity index is 1.61. The number of hydrogen-bond donors (Lipinski definition) is 3. The molecule has 0 spiro atoms. The molecule has 2 amide bonds. The molecule has 0 heterocycles. The minimum Gasteiger partial charge on any atom is -0.376 e. The second-order valence-corrected chi connectivity index (χ2v) is 6.32. The summed E-state index contributed by atoms with van der Waals surface area (Å²) in [6.45, 7) is 2.15. The lowest BCUT2D eigenvalue weighted by Crippen LogP contribution is -2.23. The van der Waals surface area contributed by atoms with Crippen LogP contribution in [0.3, 0.4) is 0 Å². The molecule has 0 aliphatic heterocycles. The first-order valence-corrected chi connectivity index (χ1v) is 9.24. The van der Waals surface area contributed by atoms with E-state index in [0.717, 1.165) is 17.8 Å². The van der Waals surface area contributed by atoms with Crippen LogP contribution in [0, 0.1) is 0 Å². The average Bonchev–Trinajstić information content (AvgIpc) is 2.74. The maximum atomic E-state index is 12.6. The van der Waals surface area contributed by atoms with Crippen molar-refractivity contribution in [3.8, 4) is 0 Å². The van der Waals surface area contributed by atoms with Gasteiger partial charge in [0.1, 0.15) is 0 Å². The van der Waals surface area contributed by atoms with Gasteiger partial charge in [0.05, 0.1) is 12.1 Å². The van der Waals surface area contributed by atoms with Crippen LogP contribution in [0.1, 0.15) is 22.8 Å². The van der Waals surface area contributed by atoms with E-state index in [9.17, 15) is 9.59 Å². The summed E-state index contributed by atoms with van der Waals surface area (Å²) >= 11 is 0. The summed E-state index contributed by atoms with van der Waals surface area (Å²) in [4.78, 5) is 24.8. The van der Waals surface area contributed by atoms with Crippen LogP contribution in [-0.2, 0) is 11.2 Å². The van der Waals surface area contributed by atoms with Crippen LogP contribution in [0.4, 0.5) is 17.1 Å². The van der Waals surface area contributed by atoms with E-state index in [-0.39, 0.29) is 18.4 Å².